The van der Waals surface area contributed by atoms with E-state index in [0.29, 0.717) is 16.5 Å². The van der Waals surface area contributed by atoms with Crippen molar-refractivity contribution in [1.29, 1.82) is 0 Å². The minimum atomic E-state index is -0.489. The number of rotatable bonds is 4. The summed E-state index contributed by atoms with van der Waals surface area (Å²) < 4.78 is 20.3. The average molecular weight is 347 g/mol. The molecule has 1 N–H and O–H groups in total. The van der Waals surface area contributed by atoms with E-state index in [1.165, 1.54) is 19.2 Å². The van der Waals surface area contributed by atoms with Gasteiger partial charge in [0.2, 0.25) is 5.91 Å². The van der Waals surface area contributed by atoms with Crippen LogP contribution in [0.2, 0.25) is 5.02 Å². The molecule has 3 rings (SSSR count). The van der Waals surface area contributed by atoms with E-state index in [-0.39, 0.29) is 11.7 Å². The molecular formula is C18H16ClFN2O2. The molecule has 1 amide bonds. The maximum atomic E-state index is 13.3. The summed E-state index contributed by atoms with van der Waals surface area (Å²) in [5, 5.41) is 4.07. The smallest absolute Gasteiger partial charge is 0.247 e. The molecule has 0 spiro atoms. The fourth-order valence-corrected chi connectivity index (χ4v) is 2.79. The lowest BCUT2D eigenvalue weighted by Crippen LogP contribution is -2.23. The molecule has 124 valence electrons. The number of carbonyl (C=O) groups is 1. The van der Waals surface area contributed by atoms with Gasteiger partial charge in [-0.2, -0.15) is 0 Å². The van der Waals surface area contributed by atoms with E-state index in [4.69, 9.17) is 16.3 Å². The zero-order chi connectivity index (χ0) is 17.3. The van der Waals surface area contributed by atoms with Gasteiger partial charge in [-0.3, -0.25) is 4.79 Å². The molecule has 1 heterocycles. The summed E-state index contributed by atoms with van der Waals surface area (Å²) >= 11 is 5.98. The number of nitrogens with one attached hydrogen (secondary N) is 1. The van der Waals surface area contributed by atoms with Crippen LogP contribution in [-0.4, -0.2) is 17.6 Å². The first kappa shape index (κ1) is 16.3. The highest BCUT2D eigenvalue weighted by molar-refractivity contribution is 6.31. The van der Waals surface area contributed by atoms with Gasteiger partial charge in [0.05, 0.1) is 12.8 Å². The van der Waals surface area contributed by atoms with Crippen LogP contribution in [-0.2, 0) is 4.79 Å². The molecule has 1 atom stereocenters. The van der Waals surface area contributed by atoms with Crippen molar-refractivity contribution in [1.82, 2.24) is 4.57 Å². The van der Waals surface area contributed by atoms with E-state index < -0.39 is 6.04 Å². The van der Waals surface area contributed by atoms with Gasteiger partial charge in [-0.1, -0.05) is 11.6 Å². The number of ether oxygens (including phenoxy) is 1. The van der Waals surface area contributed by atoms with Crippen molar-refractivity contribution in [2.24, 2.45) is 0 Å². The Morgan fingerprint density at radius 3 is 2.79 bits per heavy atom. The van der Waals surface area contributed by atoms with E-state index in [1.807, 2.05) is 0 Å². The van der Waals surface area contributed by atoms with E-state index in [2.05, 4.69) is 5.32 Å². The third-order valence-electron chi connectivity index (χ3n) is 3.90. The highest BCUT2D eigenvalue weighted by Gasteiger charge is 2.18. The quantitative estimate of drug-likeness (QED) is 0.747. The van der Waals surface area contributed by atoms with Crippen molar-refractivity contribution in [3.8, 4) is 5.75 Å². The third kappa shape index (κ3) is 3.08. The molecule has 0 aliphatic rings. The topological polar surface area (TPSA) is 43.3 Å². The van der Waals surface area contributed by atoms with Crippen LogP contribution in [0.1, 0.15) is 13.0 Å². The number of anilines is 1. The van der Waals surface area contributed by atoms with Gasteiger partial charge in [0.25, 0.3) is 0 Å². The van der Waals surface area contributed by atoms with E-state index >= 15 is 0 Å². The molecule has 6 heteroatoms. The Hall–Kier alpha value is -2.53. The van der Waals surface area contributed by atoms with Crippen molar-refractivity contribution >= 4 is 34.1 Å². The molecule has 3 aromatic rings. The van der Waals surface area contributed by atoms with Gasteiger partial charge in [0.15, 0.2) is 0 Å². The first-order valence-electron chi connectivity index (χ1n) is 7.40. The van der Waals surface area contributed by atoms with Crippen molar-refractivity contribution in [3.63, 3.8) is 0 Å². The maximum absolute atomic E-state index is 13.3. The third-order valence-corrected chi connectivity index (χ3v) is 4.13. The first-order valence-corrected chi connectivity index (χ1v) is 7.78. The largest absolute Gasteiger partial charge is 0.495 e. The van der Waals surface area contributed by atoms with Gasteiger partial charge in [-0.05, 0) is 49.4 Å². The highest BCUT2D eigenvalue weighted by Crippen LogP contribution is 2.29. The average Bonchev–Trinajstić information content (AvgIpc) is 2.97. The van der Waals surface area contributed by atoms with Gasteiger partial charge >= 0.3 is 0 Å². The Labute approximate surface area is 143 Å². The molecule has 2 aromatic carbocycles. The number of benzene rings is 2. The number of nitrogens with zero attached hydrogens (tertiary/aromatic N) is 1. The minimum absolute atomic E-state index is 0.225. The molecule has 1 unspecified atom stereocenters. The predicted octanol–water partition coefficient (Wildman–Crippen LogP) is 4.64. The zero-order valence-corrected chi connectivity index (χ0v) is 14.0. The molecule has 1 aromatic heterocycles. The molecule has 0 saturated heterocycles. The van der Waals surface area contributed by atoms with Crippen LogP contribution in [0.3, 0.4) is 0 Å². The highest BCUT2D eigenvalue weighted by atomic mass is 35.5. The summed E-state index contributed by atoms with van der Waals surface area (Å²) in [5.41, 5.74) is 1.29. The lowest BCUT2D eigenvalue weighted by molar-refractivity contribution is -0.118. The lowest BCUT2D eigenvalue weighted by atomic mass is 10.2. The van der Waals surface area contributed by atoms with E-state index in [0.717, 1.165) is 10.9 Å². The van der Waals surface area contributed by atoms with Crippen molar-refractivity contribution in [2.45, 2.75) is 13.0 Å². The van der Waals surface area contributed by atoms with Crippen LogP contribution in [0.5, 0.6) is 5.75 Å². The summed E-state index contributed by atoms with van der Waals surface area (Å²) in [6, 6.07) is 10.8. The second-order valence-electron chi connectivity index (χ2n) is 5.44. The molecule has 0 aliphatic carbocycles. The molecule has 0 saturated carbocycles. The van der Waals surface area contributed by atoms with Gasteiger partial charge in [0, 0.05) is 22.1 Å². The van der Waals surface area contributed by atoms with Gasteiger partial charge in [-0.25, -0.2) is 4.39 Å². The Morgan fingerprint density at radius 1 is 1.25 bits per heavy atom. The van der Waals surface area contributed by atoms with Gasteiger partial charge < -0.3 is 14.6 Å². The van der Waals surface area contributed by atoms with E-state index in [9.17, 15) is 9.18 Å². The van der Waals surface area contributed by atoms with Crippen LogP contribution in [0.25, 0.3) is 10.9 Å². The van der Waals surface area contributed by atoms with Gasteiger partial charge in [0.1, 0.15) is 17.6 Å². The van der Waals surface area contributed by atoms with Crippen LogP contribution < -0.4 is 10.1 Å². The molecular weight excluding hydrogens is 331 g/mol. The molecule has 0 aliphatic heterocycles. The van der Waals surface area contributed by atoms with Crippen LogP contribution in [0.15, 0.2) is 48.7 Å². The van der Waals surface area contributed by atoms with Crippen LogP contribution in [0.4, 0.5) is 10.1 Å². The van der Waals surface area contributed by atoms with Crippen LogP contribution in [0, 0.1) is 5.82 Å². The zero-order valence-electron chi connectivity index (χ0n) is 13.2. The number of amides is 1. The Kier molecular flexibility index (Phi) is 4.44. The number of carbonyl (C=O) groups excluding carboxylic acids is 1. The SMILES string of the molecule is COc1ccc(Cl)cc1NC(=O)C(C)n1ccc2cc(F)ccc21. The second-order valence-corrected chi connectivity index (χ2v) is 5.87. The Bertz CT molecular complexity index is 907. The predicted molar refractivity (Wildman–Crippen MR) is 93.2 cm³/mol. The van der Waals surface area contributed by atoms with E-state index in [1.54, 1.807) is 48.0 Å². The molecule has 0 radical (unpaired) electrons. The number of halogens is 2. The second kappa shape index (κ2) is 6.53. The van der Waals surface area contributed by atoms with Crippen molar-refractivity contribution < 1.29 is 13.9 Å². The standard InChI is InChI=1S/C18H16ClFN2O2/c1-11(22-8-7-12-9-14(20)4-5-16(12)22)18(23)21-15-10-13(19)3-6-17(15)24-2/h3-11H,1-2H3,(H,21,23). The number of aromatic nitrogens is 1. The summed E-state index contributed by atoms with van der Waals surface area (Å²) in [6.45, 7) is 1.77. The summed E-state index contributed by atoms with van der Waals surface area (Å²) in [5.74, 6) is -0.00204. The molecule has 0 fully saturated rings. The molecule has 4 nitrogen and oxygen atoms in total. The fraction of sp³-hybridized carbons (Fsp3) is 0.167. The Balaban J connectivity index is 1.88. The molecule has 0 bridgehead atoms. The number of hydrogen-bond donors (Lipinski definition) is 1. The lowest BCUT2D eigenvalue weighted by Gasteiger charge is -2.17. The fourth-order valence-electron chi connectivity index (χ4n) is 2.61. The summed E-state index contributed by atoms with van der Waals surface area (Å²) in [6.07, 6.45) is 1.77. The monoisotopic (exact) mass is 346 g/mol. The summed E-state index contributed by atoms with van der Waals surface area (Å²) in [4.78, 5) is 12.6. The van der Waals surface area contributed by atoms with Crippen molar-refractivity contribution in [3.05, 3.63) is 59.5 Å². The first-order chi connectivity index (χ1) is 11.5. The van der Waals surface area contributed by atoms with Gasteiger partial charge in [-0.15, -0.1) is 0 Å². The van der Waals surface area contributed by atoms with Crippen molar-refractivity contribution in [2.75, 3.05) is 12.4 Å². The van der Waals surface area contributed by atoms with Crippen LogP contribution >= 0.6 is 11.6 Å². The minimum Gasteiger partial charge on any atom is -0.495 e. The molecule has 24 heavy (non-hydrogen) atoms. The normalized spacial score (nSPS) is 12.2. The number of methoxy groups -OCH3 is 1. The maximum Gasteiger partial charge on any atom is 0.247 e. The summed E-state index contributed by atoms with van der Waals surface area (Å²) in [7, 11) is 1.52. The Morgan fingerprint density at radius 2 is 2.04 bits per heavy atom. The number of fused-ring (bicyclic) bond motifs is 1. The number of hydrogen-bond acceptors (Lipinski definition) is 2.